The van der Waals surface area contributed by atoms with Crippen molar-refractivity contribution in [1.82, 2.24) is 0 Å². The van der Waals surface area contributed by atoms with Crippen LogP contribution in [0.4, 0.5) is 5.69 Å². The minimum Gasteiger partial charge on any atom is -0.398 e. The van der Waals surface area contributed by atoms with Crippen LogP contribution in [0.25, 0.3) is 0 Å². The molecule has 0 atom stereocenters. The van der Waals surface area contributed by atoms with Crippen molar-refractivity contribution < 1.29 is 0 Å². The molecule has 0 aliphatic heterocycles. The zero-order chi connectivity index (χ0) is 8.55. The number of anilines is 1. The highest BCUT2D eigenvalue weighted by atomic mass is 79.9. The van der Waals surface area contributed by atoms with E-state index in [1.54, 1.807) is 0 Å². The summed E-state index contributed by atoms with van der Waals surface area (Å²) in [5.74, 6) is 0.725. The Hall–Kier alpha value is -0.500. The summed E-state index contributed by atoms with van der Waals surface area (Å²) in [4.78, 5) is 0. The van der Waals surface area contributed by atoms with Crippen LogP contribution in [0.3, 0.4) is 0 Å². The molecule has 1 aliphatic carbocycles. The minimum atomic E-state index is 0.725. The molecule has 0 radical (unpaired) electrons. The highest BCUT2D eigenvalue weighted by Gasteiger charge is 2.21. The van der Waals surface area contributed by atoms with Gasteiger partial charge in [0.2, 0.25) is 0 Å². The van der Waals surface area contributed by atoms with E-state index in [0.29, 0.717) is 0 Å². The molecule has 2 N–H and O–H groups in total. The number of benzene rings is 1. The van der Waals surface area contributed by atoms with Crippen LogP contribution >= 0.6 is 15.9 Å². The van der Waals surface area contributed by atoms with E-state index in [4.69, 9.17) is 5.73 Å². The Balaban J connectivity index is 2.34. The molecule has 2 rings (SSSR count). The van der Waals surface area contributed by atoms with E-state index in [1.165, 1.54) is 24.8 Å². The highest BCUT2D eigenvalue weighted by molar-refractivity contribution is 9.10. The Bertz CT molecular complexity index is 292. The molecule has 0 bridgehead atoms. The van der Waals surface area contributed by atoms with Gasteiger partial charge in [-0.1, -0.05) is 22.4 Å². The van der Waals surface area contributed by atoms with E-state index < -0.39 is 0 Å². The monoisotopic (exact) mass is 225 g/mol. The fourth-order valence-corrected chi connectivity index (χ4v) is 2.00. The van der Waals surface area contributed by atoms with Crippen LogP contribution in [0.5, 0.6) is 0 Å². The lowest BCUT2D eigenvalue weighted by atomic mass is 9.79. The van der Waals surface area contributed by atoms with E-state index in [1.807, 2.05) is 12.1 Å². The van der Waals surface area contributed by atoms with Gasteiger partial charge >= 0.3 is 0 Å². The average molecular weight is 226 g/mol. The van der Waals surface area contributed by atoms with Gasteiger partial charge in [-0.05, 0) is 42.5 Å². The fraction of sp³-hybridized carbons (Fsp3) is 0.400. The first-order chi connectivity index (χ1) is 5.77. The van der Waals surface area contributed by atoms with Crippen molar-refractivity contribution >= 4 is 21.6 Å². The van der Waals surface area contributed by atoms with E-state index in [-0.39, 0.29) is 0 Å². The molecule has 1 nitrogen and oxygen atoms in total. The zero-order valence-electron chi connectivity index (χ0n) is 6.89. The first-order valence-corrected chi connectivity index (χ1v) is 5.11. The number of hydrogen-bond donors (Lipinski definition) is 1. The second-order valence-electron chi connectivity index (χ2n) is 3.40. The number of nitrogen functional groups attached to an aromatic ring is 1. The lowest BCUT2D eigenvalue weighted by Crippen LogP contribution is -2.10. The van der Waals surface area contributed by atoms with Gasteiger partial charge in [0, 0.05) is 10.2 Å². The number of nitrogens with two attached hydrogens (primary N) is 1. The molecular formula is C10H12BrN. The predicted molar refractivity (Wildman–Crippen MR) is 55.1 cm³/mol. The summed E-state index contributed by atoms with van der Waals surface area (Å²) in [7, 11) is 0. The molecule has 0 aromatic heterocycles. The van der Waals surface area contributed by atoms with Gasteiger partial charge in [-0.25, -0.2) is 0 Å². The molecule has 0 heterocycles. The summed E-state index contributed by atoms with van der Waals surface area (Å²) >= 11 is 3.46. The van der Waals surface area contributed by atoms with Gasteiger partial charge in [-0.2, -0.15) is 0 Å². The Kier molecular flexibility index (Phi) is 2.09. The summed E-state index contributed by atoms with van der Waals surface area (Å²) < 4.78 is 1.14. The SMILES string of the molecule is Nc1ccc(Br)cc1C1CCC1. The molecule has 64 valence electrons. The minimum absolute atomic E-state index is 0.725. The van der Waals surface area contributed by atoms with Gasteiger partial charge in [0.1, 0.15) is 0 Å². The number of halogens is 1. The van der Waals surface area contributed by atoms with Crippen molar-refractivity contribution in [1.29, 1.82) is 0 Å². The fourth-order valence-electron chi connectivity index (χ4n) is 1.62. The van der Waals surface area contributed by atoms with Crippen LogP contribution in [0, 0.1) is 0 Å². The molecule has 1 fully saturated rings. The molecule has 0 spiro atoms. The topological polar surface area (TPSA) is 26.0 Å². The molecule has 1 aromatic rings. The third kappa shape index (κ3) is 1.36. The van der Waals surface area contributed by atoms with Crippen LogP contribution in [0.2, 0.25) is 0 Å². The largest absolute Gasteiger partial charge is 0.398 e. The third-order valence-corrected chi connectivity index (χ3v) is 3.09. The van der Waals surface area contributed by atoms with Crippen LogP contribution in [0.15, 0.2) is 22.7 Å². The van der Waals surface area contributed by atoms with Gasteiger partial charge in [0.25, 0.3) is 0 Å². The summed E-state index contributed by atoms with van der Waals surface area (Å²) in [5.41, 5.74) is 8.16. The maximum absolute atomic E-state index is 5.88. The van der Waals surface area contributed by atoms with Crippen molar-refractivity contribution in [3.63, 3.8) is 0 Å². The molecule has 0 unspecified atom stereocenters. The van der Waals surface area contributed by atoms with E-state index in [0.717, 1.165) is 16.1 Å². The van der Waals surface area contributed by atoms with Crippen molar-refractivity contribution in [3.8, 4) is 0 Å². The van der Waals surface area contributed by atoms with E-state index in [2.05, 4.69) is 22.0 Å². The summed E-state index contributed by atoms with van der Waals surface area (Å²) in [6, 6.07) is 6.13. The lowest BCUT2D eigenvalue weighted by Gasteiger charge is -2.27. The first-order valence-electron chi connectivity index (χ1n) is 4.32. The van der Waals surface area contributed by atoms with Crippen molar-refractivity contribution in [3.05, 3.63) is 28.2 Å². The second kappa shape index (κ2) is 3.09. The normalized spacial score (nSPS) is 17.4. The highest BCUT2D eigenvalue weighted by Crippen LogP contribution is 2.39. The Morgan fingerprint density at radius 3 is 2.67 bits per heavy atom. The van der Waals surface area contributed by atoms with E-state index in [9.17, 15) is 0 Å². The number of rotatable bonds is 1. The van der Waals surface area contributed by atoms with Crippen LogP contribution in [-0.2, 0) is 0 Å². The molecule has 0 saturated heterocycles. The van der Waals surface area contributed by atoms with Gasteiger partial charge < -0.3 is 5.73 Å². The Morgan fingerprint density at radius 1 is 1.33 bits per heavy atom. The Morgan fingerprint density at radius 2 is 2.08 bits per heavy atom. The zero-order valence-corrected chi connectivity index (χ0v) is 8.47. The van der Waals surface area contributed by atoms with Crippen LogP contribution < -0.4 is 5.73 Å². The third-order valence-electron chi connectivity index (χ3n) is 2.59. The van der Waals surface area contributed by atoms with Gasteiger partial charge in [0.05, 0.1) is 0 Å². The summed E-state index contributed by atoms with van der Waals surface area (Å²) in [6.45, 7) is 0. The molecule has 12 heavy (non-hydrogen) atoms. The predicted octanol–water partition coefficient (Wildman–Crippen LogP) is 3.30. The number of hydrogen-bond acceptors (Lipinski definition) is 1. The quantitative estimate of drug-likeness (QED) is 0.730. The average Bonchev–Trinajstić information content (AvgIpc) is 1.93. The van der Waals surface area contributed by atoms with Gasteiger partial charge in [0.15, 0.2) is 0 Å². The Labute approximate surface area is 81.1 Å². The standard InChI is InChI=1S/C10H12BrN/c11-8-4-5-10(12)9(6-8)7-2-1-3-7/h4-7H,1-3,12H2. The maximum Gasteiger partial charge on any atom is 0.0350 e. The van der Waals surface area contributed by atoms with Crippen LogP contribution in [0.1, 0.15) is 30.7 Å². The van der Waals surface area contributed by atoms with Gasteiger partial charge in [-0.3, -0.25) is 0 Å². The van der Waals surface area contributed by atoms with Crippen molar-refractivity contribution in [2.75, 3.05) is 5.73 Å². The summed E-state index contributed by atoms with van der Waals surface area (Å²) in [5, 5.41) is 0. The van der Waals surface area contributed by atoms with Gasteiger partial charge in [-0.15, -0.1) is 0 Å². The molecule has 1 saturated carbocycles. The summed E-state index contributed by atoms with van der Waals surface area (Å²) in [6.07, 6.45) is 3.97. The maximum atomic E-state index is 5.88. The van der Waals surface area contributed by atoms with Crippen molar-refractivity contribution in [2.24, 2.45) is 0 Å². The molecule has 1 aromatic carbocycles. The first kappa shape index (κ1) is 8.11. The molecule has 1 aliphatic rings. The molecular weight excluding hydrogens is 214 g/mol. The van der Waals surface area contributed by atoms with Crippen LogP contribution in [-0.4, -0.2) is 0 Å². The van der Waals surface area contributed by atoms with E-state index >= 15 is 0 Å². The van der Waals surface area contributed by atoms with Crippen molar-refractivity contribution in [2.45, 2.75) is 25.2 Å². The molecule has 0 amide bonds. The second-order valence-corrected chi connectivity index (χ2v) is 4.32. The molecule has 2 heteroatoms. The lowest BCUT2D eigenvalue weighted by molar-refractivity contribution is 0.421. The smallest absolute Gasteiger partial charge is 0.0350 e.